The van der Waals surface area contributed by atoms with Gasteiger partial charge < -0.3 is 10.4 Å². The first-order chi connectivity index (χ1) is 7.25. The Labute approximate surface area is 85.3 Å². The standard InChI is InChI=1S/C10H9N3O2/c14-6-1-2-8-7(5-6)9-10(15)11-3-4-13(9)12-8/h1-2,5,14H,3-4H2,(H,11,15). The van der Waals surface area contributed by atoms with Gasteiger partial charge >= 0.3 is 0 Å². The molecule has 0 saturated heterocycles. The lowest BCUT2D eigenvalue weighted by Gasteiger charge is -2.13. The highest BCUT2D eigenvalue weighted by Crippen LogP contribution is 2.23. The fourth-order valence-electron chi connectivity index (χ4n) is 1.88. The number of rotatable bonds is 0. The maximum Gasteiger partial charge on any atom is 0.270 e. The van der Waals surface area contributed by atoms with Crippen LogP contribution in [0.5, 0.6) is 5.75 Å². The molecule has 5 nitrogen and oxygen atoms in total. The molecule has 0 atom stereocenters. The molecule has 0 aliphatic carbocycles. The Balaban J connectivity index is 2.38. The summed E-state index contributed by atoms with van der Waals surface area (Å²) in [5, 5.41) is 17.1. The van der Waals surface area contributed by atoms with E-state index in [1.807, 2.05) is 0 Å². The monoisotopic (exact) mass is 203 g/mol. The molecule has 1 aliphatic heterocycles. The van der Waals surface area contributed by atoms with Crippen molar-refractivity contribution in [1.29, 1.82) is 0 Å². The average molecular weight is 203 g/mol. The lowest BCUT2D eigenvalue weighted by Crippen LogP contribution is -2.35. The van der Waals surface area contributed by atoms with E-state index in [-0.39, 0.29) is 11.7 Å². The summed E-state index contributed by atoms with van der Waals surface area (Å²) in [6.07, 6.45) is 0. The number of aromatic hydroxyl groups is 1. The van der Waals surface area contributed by atoms with E-state index in [1.54, 1.807) is 22.9 Å². The zero-order chi connectivity index (χ0) is 10.4. The van der Waals surface area contributed by atoms with Gasteiger partial charge in [0, 0.05) is 11.9 Å². The summed E-state index contributed by atoms with van der Waals surface area (Å²) < 4.78 is 1.68. The number of carbonyl (C=O) groups excluding carboxylic acids is 1. The van der Waals surface area contributed by atoms with Gasteiger partial charge in [0.25, 0.3) is 5.91 Å². The van der Waals surface area contributed by atoms with Crippen LogP contribution in [0.25, 0.3) is 10.9 Å². The second-order valence-electron chi connectivity index (χ2n) is 3.53. The zero-order valence-electron chi connectivity index (χ0n) is 7.90. The van der Waals surface area contributed by atoms with Crippen molar-refractivity contribution in [2.24, 2.45) is 0 Å². The third kappa shape index (κ3) is 1.09. The lowest BCUT2D eigenvalue weighted by molar-refractivity contribution is 0.0926. The predicted molar refractivity (Wildman–Crippen MR) is 53.7 cm³/mol. The van der Waals surface area contributed by atoms with Crippen molar-refractivity contribution in [1.82, 2.24) is 15.1 Å². The molecule has 2 heterocycles. The predicted octanol–water partition coefficient (Wildman–Crippen LogP) is 0.485. The maximum atomic E-state index is 11.6. The van der Waals surface area contributed by atoms with Crippen molar-refractivity contribution in [3.8, 4) is 5.75 Å². The number of aromatic nitrogens is 2. The van der Waals surface area contributed by atoms with Crippen molar-refractivity contribution in [3.05, 3.63) is 23.9 Å². The highest BCUT2D eigenvalue weighted by atomic mass is 16.3. The van der Waals surface area contributed by atoms with Gasteiger partial charge in [-0.05, 0) is 18.2 Å². The van der Waals surface area contributed by atoms with Gasteiger partial charge in [-0.15, -0.1) is 0 Å². The molecule has 3 rings (SSSR count). The Bertz CT molecular complexity index is 559. The number of nitrogens with zero attached hydrogens (tertiary/aromatic N) is 2. The fraction of sp³-hybridized carbons (Fsp3) is 0.200. The molecular formula is C10H9N3O2. The molecule has 0 spiro atoms. The van der Waals surface area contributed by atoms with Crippen molar-refractivity contribution >= 4 is 16.8 Å². The number of hydrogen-bond acceptors (Lipinski definition) is 3. The van der Waals surface area contributed by atoms with Crippen LogP contribution in [-0.2, 0) is 6.54 Å². The Morgan fingerprint density at radius 1 is 1.47 bits per heavy atom. The van der Waals surface area contributed by atoms with Crippen LogP contribution in [-0.4, -0.2) is 27.3 Å². The third-order valence-electron chi connectivity index (χ3n) is 2.55. The van der Waals surface area contributed by atoms with Crippen LogP contribution in [0.2, 0.25) is 0 Å². The minimum atomic E-state index is -0.130. The Hall–Kier alpha value is -2.04. The Morgan fingerprint density at radius 3 is 3.20 bits per heavy atom. The van der Waals surface area contributed by atoms with Crippen molar-refractivity contribution in [3.63, 3.8) is 0 Å². The van der Waals surface area contributed by atoms with E-state index < -0.39 is 0 Å². The van der Waals surface area contributed by atoms with E-state index in [0.29, 0.717) is 24.2 Å². The fourth-order valence-corrected chi connectivity index (χ4v) is 1.88. The topological polar surface area (TPSA) is 67.2 Å². The van der Waals surface area contributed by atoms with Crippen LogP contribution in [0.15, 0.2) is 18.2 Å². The van der Waals surface area contributed by atoms with Gasteiger partial charge in [-0.3, -0.25) is 9.48 Å². The van der Waals surface area contributed by atoms with Crippen LogP contribution < -0.4 is 5.32 Å². The highest BCUT2D eigenvalue weighted by Gasteiger charge is 2.21. The smallest absolute Gasteiger partial charge is 0.270 e. The molecule has 1 aliphatic rings. The van der Waals surface area contributed by atoms with E-state index in [4.69, 9.17) is 0 Å². The molecule has 5 heteroatoms. The molecule has 0 bridgehead atoms. The molecule has 0 unspecified atom stereocenters. The van der Waals surface area contributed by atoms with Gasteiger partial charge in [0.2, 0.25) is 0 Å². The van der Waals surface area contributed by atoms with Gasteiger partial charge in [0.05, 0.1) is 12.1 Å². The molecule has 76 valence electrons. The summed E-state index contributed by atoms with van der Waals surface area (Å²) >= 11 is 0. The van der Waals surface area contributed by atoms with Gasteiger partial charge in [0.15, 0.2) is 0 Å². The number of phenolic OH excluding ortho intramolecular Hbond substituents is 1. The van der Waals surface area contributed by atoms with E-state index in [9.17, 15) is 9.90 Å². The molecule has 0 fully saturated rings. The molecule has 1 aromatic heterocycles. The zero-order valence-corrected chi connectivity index (χ0v) is 7.90. The third-order valence-corrected chi connectivity index (χ3v) is 2.55. The quantitative estimate of drug-likeness (QED) is 0.654. The summed E-state index contributed by atoms with van der Waals surface area (Å²) in [6, 6.07) is 4.85. The molecule has 1 aromatic carbocycles. The number of benzene rings is 1. The molecule has 15 heavy (non-hydrogen) atoms. The second-order valence-corrected chi connectivity index (χ2v) is 3.53. The number of hydrogen-bond donors (Lipinski definition) is 2. The average Bonchev–Trinajstić information content (AvgIpc) is 2.57. The molecule has 2 N–H and O–H groups in total. The summed E-state index contributed by atoms with van der Waals surface area (Å²) in [6.45, 7) is 1.28. The lowest BCUT2D eigenvalue weighted by atomic mass is 10.2. The number of nitrogens with one attached hydrogen (secondary N) is 1. The summed E-state index contributed by atoms with van der Waals surface area (Å²) in [5.74, 6) is 0.0195. The number of carbonyl (C=O) groups is 1. The first-order valence-electron chi connectivity index (χ1n) is 4.73. The highest BCUT2D eigenvalue weighted by molar-refractivity contribution is 6.05. The van der Waals surface area contributed by atoms with Crippen molar-refractivity contribution < 1.29 is 9.90 Å². The van der Waals surface area contributed by atoms with Crippen LogP contribution in [0.3, 0.4) is 0 Å². The first-order valence-corrected chi connectivity index (χ1v) is 4.73. The van der Waals surface area contributed by atoms with Crippen molar-refractivity contribution in [2.75, 3.05) is 6.54 Å². The van der Waals surface area contributed by atoms with E-state index in [0.717, 1.165) is 5.52 Å². The number of phenols is 1. The summed E-state index contributed by atoms with van der Waals surface area (Å²) in [7, 11) is 0. The van der Waals surface area contributed by atoms with Crippen LogP contribution in [0.1, 0.15) is 10.5 Å². The van der Waals surface area contributed by atoms with E-state index >= 15 is 0 Å². The number of amides is 1. The second kappa shape index (κ2) is 2.73. The number of fused-ring (bicyclic) bond motifs is 3. The maximum absolute atomic E-state index is 11.6. The minimum absolute atomic E-state index is 0.130. The molecular weight excluding hydrogens is 194 g/mol. The van der Waals surface area contributed by atoms with Crippen LogP contribution in [0, 0.1) is 0 Å². The van der Waals surface area contributed by atoms with Crippen LogP contribution >= 0.6 is 0 Å². The Morgan fingerprint density at radius 2 is 2.33 bits per heavy atom. The van der Waals surface area contributed by atoms with Crippen molar-refractivity contribution in [2.45, 2.75) is 6.54 Å². The van der Waals surface area contributed by atoms with Gasteiger partial charge in [-0.25, -0.2) is 0 Å². The first kappa shape index (κ1) is 8.28. The summed E-state index contributed by atoms with van der Waals surface area (Å²) in [5.41, 5.74) is 1.27. The van der Waals surface area contributed by atoms with E-state index in [2.05, 4.69) is 10.4 Å². The molecule has 0 saturated carbocycles. The van der Waals surface area contributed by atoms with Gasteiger partial charge in [-0.2, -0.15) is 5.10 Å². The van der Waals surface area contributed by atoms with Crippen LogP contribution in [0.4, 0.5) is 0 Å². The minimum Gasteiger partial charge on any atom is -0.508 e. The normalized spacial score (nSPS) is 15.1. The van der Waals surface area contributed by atoms with Gasteiger partial charge in [-0.1, -0.05) is 0 Å². The Kier molecular flexibility index (Phi) is 1.50. The molecule has 1 amide bonds. The summed E-state index contributed by atoms with van der Waals surface area (Å²) in [4.78, 5) is 11.6. The largest absolute Gasteiger partial charge is 0.508 e. The van der Waals surface area contributed by atoms with Gasteiger partial charge in [0.1, 0.15) is 11.4 Å². The SMILES string of the molecule is O=C1NCCn2nc3ccc(O)cc3c21. The molecule has 2 aromatic rings. The van der Waals surface area contributed by atoms with E-state index in [1.165, 1.54) is 0 Å². The molecule has 0 radical (unpaired) electrons.